The van der Waals surface area contributed by atoms with Gasteiger partial charge in [-0.05, 0) is 19.9 Å². The van der Waals surface area contributed by atoms with Gasteiger partial charge < -0.3 is 14.7 Å². The topological polar surface area (TPSA) is 96.8 Å². The Morgan fingerprint density at radius 2 is 2.24 bits per heavy atom. The SMILES string of the molecule is CCOC(=O)c1cnc(C)c(N2CC(C(=O)O)CC2=O)c1. The molecule has 1 saturated heterocycles. The summed E-state index contributed by atoms with van der Waals surface area (Å²) in [5, 5.41) is 9.01. The highest BCUT2D eigenvalue weighted by Crippen LogP contribution is 2.28. The van der Waals surface area contributed by atoms with Crippen LogP contribution in [0.2, 0.25) is 0 Å². The normalized spacial score (nSPS) is 17.9. The zero-order valence-electron chi connectivity index (χ0n) is 11.8. The van der Waals surface area contributed by atoms with Crippen LogP contribution in [0.15, 0.2) is 12.3 Å². The van der Waals surface area contributed by atoms with Crippen LogP contribution in [0.25, 0.3) is 0 Å². The number of carbonyl (C=O) groups is 3. The zero-order chi connectivity index (χ0) is 15.6. The number of pyridine rings is 1. The molecule has 0 aromatic carbocycles. The molecule has 1 N–H and O–H groups in total. The van der Waals surface area contributed by atoms with Gasteiger partial charge in [0.2, 0.25) is 5.91 Å². The van der Waals surface area contributed by atoms with Crippen molar-refractivity contribution in [3.63, 3.8) is 0 Å². The largest absolute Gasteiger partial charge is 0.481 e. The lowest BCUT2D eigenvalue weighted by Gasteiger charge is -2.18. The average Bonchev–Trinajstić information content (AvgIpc) is 2.82. The summed E-state index contributed by atoms with van der Waals surface area (Å²) in [7, 11) is 0. The Hall–Kier alpha value is -2.44. The molecular weight excluding hydrogens is 276 g/mol. The molecule has 0 radical (unpaired) electrons. The van der Waals surface area contributed by atoms with Crippen LogP contribution >= 0.6 is 0 Å². The molecule has 0 spiro atoms. The van der Waals surface area contributed by atoms with Gasteiger partial charge >= 0.3 is 11.9 Å². The van der Waals surface area contributed by atoms with E-state index in [9.17, 15) is 14.4 Å². The third-order valence-electron chi connectivity index (χ3n) is 3.34. The number of aromatic nitrogens is 1. The summed E-state index contributed by atoms with van der Waals surface area (Å²) in [6, 6.07) is 1.52. The van der Waals surface area contributed by atoms with Gasteiger partial charge in [-0.1, -0.05) is 0 Å². The van der Waals surface area contributed by atoms with Gasteiger partial charge in [-0.3, -0.25) is 14.6 Å². The fourth-order valence-corrected chi connectivity index (χ4v) is 2.23. The molecule has 1 aromatic rings. The fourth-order valence-electron chi connectivity index (χ4n) is 2.23. The van der Waals surface area contributed by atoms with E-state index in [1.165, 1.54) is 17.2 Å². The highest BCUT2D eigenvalue weighted by Gasteiger charge is 2.36. The second-order valence-corrected chi connectivity index (χ2v) is 4.79. The number of esters is 1. The van der Waals surface area contributed by atoms with Crippen LogP contribution < -0.4 is 4.90 Å². The number of carboxylic acids is 1. The Labute approximate surface area is 121 Å². The minimum atomic E-state index is -1.00. The Morgan fingerprint density at radius 3 is 2.81 bits per heavy atom. The van der Waals surface area contributed by atoms with Crippen molar-refractivity contribution in [2.75, 3.05) is 18.1 Å². The highest BCUT2D eigenvalue weighted by atomic mass is 16.5. The summed E-state index contributed by atoms with van der Waals surface area (Å²) in [5.74, 6) is -2.54. The number of carboxylic acid groups (broad SMARTS) is 1. The van der Waals surface area contributed by atoms with Gasteiger partial charge in [-0.15, -0.1) is 0 Å². The number of carbonyl (C=O) groups excluding carboxylic acids is 2. The predicted octanol–water partition coefficient (Wildman–Crippen LogP) is 1.00. The molecule has 1 aromatic heterocycles. The molecule has 7 heteroatoms. The van der Waals surface area contributed by atoms with Crippen LogP contribution in [0.1, 0.15) is 29.4 Å². The number of aliphatic carboxylic acids is 1. The van der Waals surface area contributed by atoms with E-state index in [1.807, 2.05) is 0 Å². The maximum atomic E-state index is 12.0. The second kappa shape index (κ2) is 5.90. The van der Waals surface area contributed by atoms with Crippen molar-refractivity contribution in [3.8, 4) is 0 Å². The van der Waals surface area contributed by atoms with E-state index in [0.717, 1.165) is 0 Å². The van der Waals surface area contributed by atoms with Gasteiger partial charge in [-0.25, -0.2) is 4.79 Å². The lowest BCUT2D eigenvalue weighted by atomic mass is 10.1. The van der Waals surface area contributed by atoms with E-state index >= 15 is 0 Å². The smallest absolute Gasteiger partial charge is 0.339 e. The maximum Gasteiger partial charge on any atom is 0.339 e. The Morgan fingerprint density at radius 1 is 1.52 bits per heavy atom. The van der Waals surface area contributed by atoms with Crippen molar-refractivity contribution in [2.24, 2.45) is 5.92 Å². The maximum absolute atomic E-state index is 12.0. The first kappa shape index (κ1) is 15.0. The minimum Gasteiger partial charge on any atom is -0.481 e. The van der Waals surface area contributed by atoms with Gasteiger partial charge in [0, 0.05) is 19.2 Å². The zero-order valence-corrected chi connectivity index (χ0v) is 11.8. The van der Waals surface area contributed by atoms with Crippen molar-refractivity contribution in [1.82, 2.24) is 4.98 Å². The molecule has 1 atom stereocenters. The number of anilines is 1. The van der Waals surface area contributed by atoms with Gasteiger partial charge in [0.05, 0.1) is 29.5 Å². The number of rotatable bonds is 4. The first-order valence-corrected chi connectivity index (χ1v) is 6.61. The minimum absolute atomic E-state index is 0.0432. The Kier molecular flexibility index (Phi) is 4.21. The van der Waals surface area contributed by atoms with Gasteiger partial charge in [-0.2, -0.15) is 0 Å². The van der Waals surface area contributed by atoms with Crippen molar-refractivity contribution in [3.05, 3.63) is 23.5 Å². The Bertz CT molecular complexity index is 599. The molecule has 7 nitrogen and oxygen atoms in total. The van der Waals surface area contributed by atoms with Crippen LogP contribution in [0, 0.1) is 12.8 Å². The van der Waals surface area contributed by atoms with Crippen molar-refractivity contribution in [1.29, 1.82) is 0 Å². The predicted molar refractivity (Wildman–Crippen MR) is 73.0 cm³/mol. The van der Waals surface area contributed by atoms with E-state index in [0.29, 0.717) is 11.4 Å². The number of aryl methyl sites for hydroxylation is 1. The number of amides is 1. The summed E-state index contributed by atoms with van der Waals surface area (Å²) in [4.78, 5) is 40.1. The van der Waals surface area contributed by atoms with Crippen LogP contribution in [0.5, 0.6) is 0 Å². The Balaban J connectivity index is 2.31. The van der Waals surface area contributed by atoms with Gasteiger partial charge in [0.1, 0.15) is 0 Å². The van der Waals surface area contributed by atoms with Gasteiger partial charge in [0.25, 0.3) is 0 Å². The molecule has 0 aliphatic carbocycles. The van der Waals surface area contributed by atoms with E-state index < -0.39 is 17.9 Å². The summed E-state index contributed by atoms with van der Waals surface area (Å²) in [6.07, 6.45) is 1.34. The molecule has 1 aliphatic heterocycles. The molecule has 1 amide bonds. The van der Waals surface area contributed by atoms with Crippen LogP contribution in [-0.4, -0.2) is 41.1 Å². The van der Waals surface area contributed by atoms with E-state index in [4.69, 9.17) is 9.84 Å². The molecule has 1 aliphatic rings. The molecule has 2 rings (SSSR count). The summed E-state index contributed by atoms with van der Waals surface area (Å²) < 4.78 is 4.90. The fraction of sp³-hybridized carbons (Fsp3) is 0.429. The summed E-state index contributed by atoms with van der Waals surface area (Å²) >= 11 is 0. The lowest BCUT2D eigenvalue weighted by molar-refractivity contribution is -0.141. The molecule has 1 fully saturated rings. The standard InChI is InChI=1S/C14H16N2O5/c1-3-21-14(20)9-4-11(8(2)15-6-9)16-7-10(13(18)19)5-12(16)17/h4,6,10H,3,5,7H2,1-2H3,(H,18,19). The van der Waals surface area contributed by atoms with E-state index in [1.54, 1.807) is 13.8 Å². The van der Waals surface area contributed by atoms with Gasteiger partial charge in [0.15, 0.2) is 0 Å². The molecular formula is C14H16N2O5. The van der Waals surface area contributed by atoms with Crippen molar-refractivity contribution >= 4 is 23.5 Å². The van der Waals surface area contributed by atoms with E-state index in [-0.39, 0.29) is 31.0 Å². The summed E-state index contributed by atoms with van der Waals surface area (Å²) in [5.41, 5.74) is 1.25. The lowest BCUT2D eigenvalue weighted by Crippen LogP contribution is -2.27. The monoisotopic (exact) mass is 292 g/mol. The van der Waals surface area contributed by atoms with Crippen LogP contribution in [0.4, 0.5) is 5.69 Å². The van der Waals surface area contributed by atoms with Crippen LogP contribution in [-0.2, 0) is 14.3 Å². The van der Waals surface area contributed by atoms with Crippen molar-refractivity contribution in [2.45, 2.75) is 20.3 Å². The second-order valence-electron chi connectivity index (χ2n) is 4.79. The van der Waals surface area contributed by atoms with E-state index in [2.05, 4.69) is 4.98 Å². The highest BCUT2D eigenvalue weighted by molar-refractivity contribution is 6.00. The quantitative estimate of drug-likeness (QED) is 0.832. The molecule has 21 heavy (non-hydrogen) atoms. The number of hydrogen-bond acceptors (Lipinski definition) is 5. The molecule has 112 valence electrons. The molecule has 2 heterocycles. The summed E-state index contributed by atoms with van der Waals surface area (Å²) in [6.45, 7) is 3.72. The number of nitrogens with zero attached hydrogens (tertiary/aromatic N) is 2. The first-order valence-electron chi connectivity index (χ1n) is 6.61. The number of hydrogen-bond donors (Lipinski definition) is 1. The molecule has 0 bridgehead atoms. The third kappa shape index (κ3) is 3.01. The molecule has 0 saturated carbocycles. The number of ether oxygens (including phenoxy) is 1. The van der Waals surface area contributed by atoms with Crippen molar-refractivity contribution < 1.29 is 24.2 Å². The average molecular weight is 292 g/mol. The first-order chi connectivity index (χ1) is 9.93. The third-order valence-corrected chi connectivity index (χ3v) is 3.34. The van der Waals surface area contributed by atoms with Crippen LogP contribution in [0.3, 0.4) is 0 Å². The molecule has 1 unspecified atom stereocenters.